The summed E-state index contributed by atoms with van der Waals surface area (Å²) >= 11 is 0. The zero-order valence-electron chi connectivity index (χ0n) is 17.8. The Morgan fingerprint density at radius 3 is 2.03 bits per heavy atom. The van der Waals surface area contributed by atoms with Crippen LogP contribution in [-0.2, 0) is 20.0 Å². The molecule has 1 aromatic heterocycles. The van der Waals surface area contributed by atoms with Crippen molar-refractivity contribution in [2.75, 3.05) is 17.8 Å². The molecular weight excluding hydrogens is 448 g/mol. The van der Waals surface area contributed by atoms with E-state index in [1.165, 1.54) is 28.6 Å². The van der Waals surface area contributed by atoms with E-state index in [1.807, 2.05) is 13.0 Å². The summed E-state index contributed by atoms with van der Waals surface area (Å²) in [7, 11) is -7.57. The molecule has 170 valence electrons. The Morgan fingerprint density at radius 2 is 1.41 bits per heavy atom. The number of aryl methyl sites for hydroxylation is 1. The molecule has 1 N–H and O–H groups in total. The van der Waals surface area contributed by atoms with E-state index in [4.69, 9.17) is 4.42 Å². The van der Waals surface area contributed by atoms with Crippen molar-refractivity contribution >= 4 is 25.7 Å². The van der Waals surface area contributed by atoms with Gasteiger partial charge in [0.15, 0.2) is 0 Å². The minimum atomic E-state index is -3.93. The fourth-order valence-electron chi connectivity index (χ4n) is 3.79. The largest absolute Gasteiger partial charge is 0.461 e. The van der Waals surface area contributed by atoms with Crippen molar-refractivity contribution in [1.82, 2.24) is 4.31 Å². The van der Waals surface area contributed by atoms with Crippen LogP contribution in [0.4, 0.5) is 5.69 Å². The van der Waals surface area contributed by atoms with Crippen molar-refractivity contribution in [3.63, 3.8) is 0 Å². The molecule has 0 spiro atoms. The molecule has 2 heterocycles. The van der Waals surface area contributed by atoms with E-state index in [0.717, 1.165) is 31.4 Å². The van der Waals surface area contributed by atoms with Gasteiger partial charge in [-0.15, -0.1) is 0 Å². The SMILES string of the molecule is Cc1ccc(-c2ccccc2NS(=O)(=O)c2ccc(S(=O)(=O)N3CCCCCC3)cc2)o1. The van der Waals surface area contributed by atoms with E-state index >= 15 is 0 Å². The van der Waals surface area contributed by atoms with Gasteiger partial charge >= 0.3 is 0 Å². The molecule has 4 rings (SSSR count). The van der Waals surface area contributed by atoms with Gasteiger partial charge in [0.25, 0.3) is 10.0 Å². The van der Waals surface area contributed by atoms with Crippen molar-refractivity contribution in [2.24, 2.45) is 0 Å². The van der Waals surface area contributed by atoms with E-state index in [9.17, 15) is 16.8 Å². The first kappa shape index (κ1) is 22.6. The summed E-state index contributed by atoms with van der Waals surface area (Å²) in [4.78, 5) is 0.0857. The summed E-state index contributed by atoms with van der Waals surface area (Å²) in [6, 6.07) is 15.9. The van der Waals surface area contributed by atoms with Crippen LogP contribution >= 0.6 is 0 Å². The molecule has 0 amide bonds. The molecule has 9 heteroatoms. The number of benzene rings is 2. The van der Waals surface area contributed by atoms with Crippen LogP contribution in [0.2, 0.25) is 0 Å². The number of hydrogen-bond acceptors (Lipinski definition) is 5. The summed E-state index contributed by atoms with van der Waals surface area (Å²) in [6.45, 7) is 2.80. The smallest absolute Gasteiger partial charge is 0.261 e. The van der Waals surface area contributed by atoms with E-state index in [2.05, 4.69) is 4.72 Å². The molecule has 1 fully saturated rings. The van der Waals surface area contributed by atoms with E-state index < -0.39 is 20.0 Å². The zero-order chi connectivity index (χ0) is 22.8. The molecule has 3 aromatic rings. The Balaban J connectivity index is 1.58. The van der Waals surface area contributed by atoms with Crippen LogP contribution in [0.5, 0.6) is 0 Å². The number of nitrogens with zero attached hydrogens (tertiary/aromatic N) is 1. The van der Waals surface area contributed by atoms with Crippen LogP contribution in [0.25, 0.3) is 11.3 Å². The van der Waals surface area contributed by atoms with Gasteiger partial charge in [-0.25, -0.2) is 16.8 Å². The Bertz CT molecular complexity index is 1290. The van der Waals surface area contributed by atoms with Crippen LogP contribution in [0.15, 0.2) is 74.9 Å². The van der Waals surface area contributed by atoms with Gasteiger partial charge in [-0.3, -0.25) is 4.72 Å². The number of hydrogen-bond donors (Lipinski definition) is 1. The monoisotopic (exact) mass is 474 g/mol. The summed E-state index contributed by atoms with van der Waals surface area (Å²) in [5.74, 6) is 1.28. The molecule has 1 saturated heterocycles. The molecule has 1 aliphatic heterocycles. The highest BCUT2D eigenvalue weighted by molar-refractivity contribution is 7.92. The van der Waals surface area contributed by atoms with Crippen LogP contribution in [-0.4, -0.2) is 34.2 Å². The first-order valence-electron chi connectivity index (χ1n) is 10.6. The Kier molecular flexibility index (Phi) is 6.41. The summed E-state index contributed by atoms with van der Waals surface area (Å²) in [5, 5.41) is 0. The lowest BCUT2D eigenvalue weighted by atomic mass is 10.1. The molecule has 7 nitrogen and oxygen atoms in total. The molecule has 0 saturated carbocycles. The van der Waals surface area contributed by atoms with Crippen LogP contribution < -0.4 is 4.72 Å². The summed E-state index contributed by atoms with van der Waals surface area (Å²) < 4.78 is 61.6. The predicted molar refractivity (Wildman–Crippen MR) is 123 cm³/mol. The van der Waals surface area contributed by atoms with Gasteiger partial charge in [-0.05, 0) is 68.3 Å². The van der Waals surface area contributed by atoms with Crippen LogP contribution in [0, 0.1) is 6.92 Å². The van der Waals surface area contributed by atoms with Gasteiger partial charge in [0.2, 0.25) is 10.0 Å². The van der Waals surface area contributed by atoms with Crippen molar-refractivity contribution in [3.05, 3.63) is 66.4 Å². The number of nitrogens with one attached hydrogen (secondary N) is 1. The highest BCUT2D eigenvalue weighted by Crippen LogP contribution is 2.31. The maximum absolute atomic E-state index is 13.0. The van der Waals surface area contributed by atoms with Crippen molar-refractivity contribution < 1.29 is 21.3 Å². The summed E-state index contributed by atoms with van der Waals surface area (Å²) in [6.07, 6.45) is 3.72. The highest BCUT2D eigenvalue weighted by Gasteiger charge is 2.26. The molecule has 0 atom stereocenters. The van der Waals surface area contributed by atoms with E-state index in [-0.39, 0.29) is 9.79 Å². The molecule has 32 heavy (non-hydrogen) atoms. The minimum Gasteiger partial charge on any atom is -0.461 e. The van der Waals surface area contributed by atoms with Crippen molar-refractivity contribution in [3.8, 4) is 11.3 Å². The Labute approximate surface area is 189 Å². The molecule has 0 aliphatic carbocycles. The zero-order valence-corrected chi connectivity index (χ0v) is 19.5. The fraction of sp³-hybridized carbons (Fsp3) is 0.304. The van der Waals surface area contributed by atoms with Crippen molar-refractivity contribution in [2.45, 2.75) is 42.4 Å². The standard InChI is InChI=1S/C23H26N2O5S2/c1-18-10-15-23(30-18)21-8-4-5-9-22(21)24-31(26,27)19-11-13-20(14-12-19)32(28,29)25-16-6-2-3-7-17-25/h4-5,8-15,24H,2-3,6-7,16-17H2,1H3. The van der Waals surface area contributed by atoms with Gasteiger partial charge in [0.05, 0.1) is 15.5 Å². The second kappa shape index (κ2) is 9.09. The maximum Gasteiger partial charge on any atom is 0.261 e. The number of para-hydroxylation sites is 1. The lowest BCUT2D eigenvalue weighted by Gasteiger charge is -2.20. The Hall–Kier alpha value is -2.62. The number of rotatable bonds is 6. The van der Waals surface area contributed by atoms with Crippen LogP contribution in [0.3, 0.4) is 0 Å². The quantitative estimate of drug-likeness (QED) is 0.562. The molecule has 0 radical (unpaired) electrons. The van der Waals surface area contributed by atoms with Gasteiger partial charge in [-0.1, -0.05) is 25.0 Å². The number of anilines is 1. The van der Waals surface area contributed by atoms with E-state index in [1.54, 1.807) is 30.3 Å². The molecule has 2 aromatic carbocycles. The van der Waals surface area contributed by atoms with Gasteiger partial charge in [0, 0.05) is 18.7 Å². The number of furan rings is 1. The van der Waals surface area contributed by atoms with E-state index in [0.29, 0.717) is 30.1 Å². The second-order valence-corrected chi connectivity index (χ2v) is 11.5. The van der Waals surface area contributed by atoms with Crippen LogP contribution in [0.1, 0.15) is 31.4 Å². The van der Waals surface area contributed by atoms with Gasteiger partial charge in [-0.2, -0.15) is 4.31 Å². The topological polar surface area (TPSA) is 96.7 Å². The first-order valence-corrected chi connectivity index (χ1v) is 13.5. The molecular formula is C23H26N2O5S2. The fourth-order valence-corrected chi connectivity index (χ4v) is 6.39. The number of sulfonamides is 2. The predicted octanol–water partition coefficient (Wildman–Crippen LogP) is 4.62. The first-order chi connectivity index (χ1) is 15.3. The maximum atomic E-state index is 13.0. The van der Waals surface area contributed by atoms with Gasteiger partial charge < -0.3 is 4.42 Å². The third kappa shape index (κ3) is 4.74. The average molecular weight is 475 g/mol. The second-order valence-electron chi connectivity index (χ2n) is 7.85. The average Bonchev–Trinajstić information content (AvgIpc) is 3.02. The Morgan fingerprint density at radius 1 is 0.781 bits per heavy atom. The third-order valence-electron chi connectivity index (χ3n) is 5.51. The highest BCUT2D eigenvalue weighted by atomic mass is 32.2. The molecule has 0 unspecified atom stereocenters. The lowest BCUT2D eigenvalue weighted by molar-refractivity contribution is 0.423. The third-order valence-corrected chi connectivity index (χ3v) is 8.81. The normalized spacial score (nSPS) is 15.9. The minimum absolute atomic E-state index is 0.0160. The lowest BCUT2D eigenvalue weighted by Crippen LogP contribution is -2.31. The van der Waals surface area contributed by atoms with Crippen molar-refractivity contribution in [1.29, 1.82) is 0 Å². The molecule has 1 aliphatic rings. The summed E-state index contributed by atoms with van der Waals surface area (Å²) in [5.41, 5.74) is 0.993. The molecule has 0 bridgehead atoms. The van der Waals surface area contributed by atoms with Gasteiger partial charge in [0.1, 0.15) is 11.5 Å².